The Balaban J connectivity index is 2.63. The molecule has 1 rings (SSSR count). The Bertz CT molecular complexity index is 372. The van der Waals surface area contributed by atoms with Crippen molar-refractivity contribution in [3.8, 4) is 5.75 Å². The molecule has 88 valence electrons. The number of ketones is 1. The van der Waals surface area contributed by atoms with Crippen LogP contribution in [0.4, 0.5) is 5.69 Å². The van der Waals surface area contributed by atoms with E-state index in [1.54, 1.807) is 18.2 Å². The average molecular weight is 221 g/mol. The number of ether oxygens (including phenoxy) is 1. The molecule has 0 heterocycles. The van der Waals surface area contributed by atoms with Gasteiger partial charge in [-0.25, -0.2) is 0 Å². The van der Waals surface area contributed by atoms with Crippen LogP contribution >= 0.6 is 0 Å². The van der Waals surface area contributed by atoms with Gasteiger partial charge in [-0.15, -0.1) is 0 Å². The first-order chi connectivity index (χ1) is 7.50. The zero-order chi connectivity index (χ0) is 12.1. The van der Waals surface area contributed by atoms with Crippen molar-refractivity contribution in [1.29, 1.82) is 0 Å². The van der Waals surface area contributed by atoms with Gasteiger partial charge in [0.2, 0.25) is 0 Å². The van der Waals surface area contributed by atoms with E-state index in [1.165, 1.54) is 6.92 Å². The molecule has 0 spiro atoms. The quantitative estimate of drug-likeness (QED) is 0.614. The summed E-state index contributed by atoms with van der Waals surface area (Å²) in [5.41, 5.74) is 6.79. The first kappa shape index (κ1) is 12.6. The Kier molecular flexibility index (Phi) is 4.35. The number of carbonyl (C=O) groups is 1. The fraction of sp³-hybridized carbons (Fsp3) is 0.462. The Morgan fingerprint density at radius 2 is 2.12 bits per heavy atom. The summed E-state index contributed by atoms with van der Waals surface area (Å²) in [7, 11) is 0. The highest BCUT2D eigenvalue weighted by molar-refractivity contribution is 5.99. The second kappa shape index (κ2) is 5.54. The van der Waals surface area contributed by atoms with E-state index in [0.717, 1.165) is 12.2 Å². The van der Waals surface area contributed by atoms with E-state index in [2.05, 4.69) is 13.8 Å². The topological polar surface area (TPSA) is 52.3 Å². The summed E-state index contributed by atoms with van der Waals surface area (Å²) in [4.78, 5) is 11.2. The lowest BCUT2D eigenvalue weighted by Gasteiger charge is -2.09. The number of benzene rings is 1. The standard InChI is InChI=1S/C13H19NO2/c1-9(2)6-7-16-11-4-5-12(10(3)15)13(14)8-11/h4-5,8-9H,6-7,14H2,1-3H3. The van der Waals surface area contributed by atoms with E-state index in [4.69, 9.17) is 10.5 Å². The Morgan fingerprint density at radius 3 is 2.62 bits per heavy atom. The molecule has 0 saturated carbocycles. The number of nitrogen functional groups attached to an aromatic ring is 1. The fourth-order valence-corrected chi connectivity index (χ4v) is 1.36. The second-order valence-electron chi connectivity index (χ2n) is 4.34. The highest BCUT2D eigenvalue weighted by Crippen LogP contribution is 2.20. The molecule has 3 nitrogen and oxygen atoms in total. The molecule has 3 heteroatoms. The van der Waals surface area contributed by atoms with Crippen molar-refractivity contribution < 1.29 is 9.53 Å². The minimum atomic E-state index is -0.0220. The Labute approximate surface area is 96.6 Å². The highest BCUT2D eigenvalue weighted by atomic mass is 16.5. The number of hydrogen-bond acceptors (Lipinski definition) is 3. The number of rotatable bonds is 5. The minimum absolute atomic E-state index is 0.0220. The van der Waals surface area contributed by atoms with Crippen LogP contribution in [0.3, 0.4) is 0 Å². The van der Waals surface area contributed by atoms with Gasteiger partial charge in [0.1, 0.15) is 5.75 Å². The minimum Gasteiger partial charge on any atom is -0.494 e. The summed E-state index contributed by atoms with van der Waals surface area (Å²) in [6.07, 6.45) is 1.01. The number of nitrogens with two attached hydrogens (primary N) is 1. The van der Waals surface area contributed by atoms with Crippen molar-refractivity contribution in [3.05, 3.63) is 23.8 Å². The predicted octanol–water partition coefficient (Wildman–Crippen LogP) is 2.90. The van der Waals surface area contributed by atoms with Crippen LogP contribution in [-0.4, -0.2) is 12.4 Å². The number of Topliss-reactive ketones (excluding diaryl/α,β-unsaturated/α-hetero) is 1. The lowest BCUT2D eigenvalue weighted by molar-refractivity contribution is 0.101. The summed E-state index contributed by atoms with van der Waals surface area (Å²) in [5.74, 6) is 1.32. The summed E-state index contributed by atoms with van der Waals surface area (Å²) in [6.45, 7) is 6.48. The normalized spacial score (nSPS) is 10.5. The molecule has 0 fully saturated rings. The summed E-state index contributed by atoms with van der Waals surface area (Å²) in [6, 6.07) is 5.20. The van der Waals surface area contributed by atoms with Crippen LogP contribution in [0.15, 0.2) is 18.2 Å². The van der Waals surface area contributed by atoms with E-state index in [0.29, 0.717) is 23.8 Å². The molecular formula is C13H19NO2. The maximum absolute atomic E-state index is 11.2. The third-order valence-electron chi connectivity index (χ3n) is 2.37. The molecule has 16 heavy (non-hydrogen) atoms. The van der Waals surface area contributed by atoms with Crippen LogP contribution in [0.2, 0.25) is 0 Å². The SMILES string of the molecule is CC(=O)c1ccc(OCCC(C)C)cc1N. The first-order valence-corrected chi connectivity index (χ1v) is 5.54. The van der Waals surface area contributed by atoms with Crippen LogP contribution in [0.5, 0.6) is 5.75 Å². The molecule has 0 bridgehead atoms. The van der Waals surface area contributed by atoms with Gasteiger partial charge >= 0.3 is 0 Å². The fourth-order valence-electron chi connectivity index (χ4n) is 1.36. The second-order valence-corrected chi connectivity index (χ2v) is 4.34. The molecule has 0 saturated heterocycles. The Hall–Kier alpha value is -1.51. The van der Waals surface area contributed by atoms with Crippen molar-refractivity contribution >= 4 is 11.5 Å². The molecule has 0 aromatic heterocycles. The van der Waals surface area contributed by atoms with Crippen LogP contribution in [0, 0.1) is 5.92 Å². The molecule has 0 unspecified atom stereocenters. The smallest absolute Gasteiger partial charge is 0.161 e. The maximum atomic E-state index is 11.2. The maximum Gasteiger partial charge on any atom is 0.161 e. The lowest BCUT2D eigenvalue weighted by Crippen LogP contribution is -2.03. The van der Waals surface area contributed by atoms with Crippen LogP contribution in [0.25, 0.3) is 0 Å². The summed E-state index contributed by atoms with van der Waals surface area (Å²) >= 11 is 0. The van der Waals surface area contributed by atoms with E-state index in [-0.39, 0.29) is 5.78 Å². The molecule has 0 aliphatic carbocycles. The zero-order valence-electron chi connectivity index (χ0n) is 10.1. The third-order valence-corrected chi connectivity index (χ3v) is 2.37. The van der Waals surface area contributed by atoms with Gasteiger partial charge in [-0.05, 0) is 31.4 Å². The number of hydrogen-bond donors (Lipinski definition) is 1. The average Bonchev–Trinajstić information content (AvgIpc) is 2.16. The number of anilines is 1. The number of carbonyl (C=O) groups excluding carboxylic acids is 1. The van der Waals surface area contributed by atoms with Crippen molar-refractivity contribution in [3.63, 3.8) is 0 Å². The first-order valence-electron chi connectivity index (χ1n) is 5.54. The molecule has 0 aliphatic rings. The van der Waals surface area contributed by atoms with Gasteiger partial charge in [0, 0.05) is 17.3 Å². The largest absolute Gasteiger partial charge is 0.494 e. The third kappa shape index (κ3) is 3.57. The van der Waals surface area contributed by atoms with Gasteiger partial charge in [-0.2, -0.15) is 0 Å². The van der Waals surface area contributed by atoms with E-state index < -0.39 is 0 Å². The lowest BCUT2D eigenvalue weighted by atomic mass is 10.1. The van der Waals surface area contributed by atoms with Crippen molar-refractivity contribution in [2.75, 3.05) is 12.3 Å². The molecule has 0 aliphatic heterocycles. The molecular weight excluding hydrogens is 202 g/mol. The van der Waals surface area contributed by atoms with Gasteiger partial charge in [-0.3, -0.25) is 4.79 Å². The molecule has 1 aromatic rings. The monoisotopic (exact) mass is 221 g/mol. The van der Waals surface area contributed by atoms with Crippen LogP contribution < -0.4 is 10.5 Å². The molecule has 1 aromatic carbocycles. The van der Waals surface area contributed by atoms with E-state index in [1.807, 2.05) is 0 Å². The molecule has 2 N–H and O–H groups in total. The van der Waals surface area contributed by atoms with Gasteiger partial charge in [0.15, 0.2) is 5.78 Å². The van der Waals surface area contributed by atoms with Crippen LogP contribution in [0.1, 0.15) is 37.6 Å². The molecule has 0 amide bonds. The Morgan fingerprint density at radius 1 is 1.44 bits per heavy atom. The summed E-state index contributed by atoms with van der Waals surface area (Å²) < 4.78 is 5.54. The van der Waals surface area contributed by atoms with Crippen molar-refractivity contribution in [2.45, 2.75) is 27.2 Å². The summed E-state index contributed by atoms with van der Waals surface area (Å²) in [5, 5.41) is 0. The van der Waals surface area contributed by atoms with Crippen molar-refractivity contribution in [1.82, 2.24) is 0 Å². The zero-order valence-corrected chi connectivity index (χ0v) is 10.1. The van der Waals surface area contributed by atoms with E-state index >= 15 is 0 Å². The highest BCUT2D eigenvalue weighted by Gasteiger charge is 2.05. The van der Waals surface area contributed by atoms with Gasteiger partial charge in [-0.1, -0.05) is 13.8 Å². The van der Waals surface area contributed by atoms with Gasteiger partial charge in [0.05, 0.1) is 6.61 Å². The predicted molar refractivity (Wildman–Crippen MR) is 65.8 cm³/mol. The molecule has 0 radical (unpaired) electrons. The van der Waals surface area contributed by atoms with E-state index in [9.17, 15) is 4.79 Å². The van der Waals surface area contributed by atoms with Gasteiger partial charge < -0.3 is 10.5 Å². The molecule has 0 atom stereocenters. The van der Waals surface area contributed by atoms with Crippen LogP contribution in [-0.2, 0) is 0 Å². The van der Waals surface area contributed by atoms with Gasteiger partial charge in [0.25, 0.3) is 0 Å². The van der Waals surface area contributed by atoms with Crippen molar-refractivity contribution in [2.24, 2.45) is 5.92 Å².